The summed E-state index contributed by atoms with van der Waals surface area (Å²) in [6, 6.07) is 16.4. The van der Waals surface area contributed by atoms with Crippen LogP contribution in [0.1, 0.15) is 48.8 Å². The summed E-state index contributed by atoms with van der Waals surface area (Å²) in [7, 11) is 0. The van der Waals surface area contributed by atoms with Crippen molar-refractivity contribution in [2.75, 3.05) is 6.61 Å². The summed E-state index contributed by atoms with van der Waals surface area (Å²) in [5.41, 5.74) is 4.10. The number of amides is 1. The Bertz CT molecular complexity index is 943. The van der Waals surface area contributed by atoms with Crippen molar-refractivity contribution < 1.29 is 9.53 Å². The van der Waals surface area contributed by atoms with Crippen LogP contribution in [-0.4, -0.2) is 23.1 Å². The first-order valence-corrected chi connectivity index (χ1v) is 9.65. The molecule has 0 spiro atoms. The third kappa shape index (κ3) is 4.00. The molecular weight excluding hydrogens is 336 g/mol. The number of aryl methyl sites for hydroxylation is 1. The second-order valence-corrected chi connectivity index (χ2v) is 6.95. The molecule has 0 bridgehead atoms. The highest BCUT2D eigenvalue weighted by Crippen LogP contribution is 2.30. The topological polar surface area (TPSA) is 43.3 Å². The summed E-state index contributed by atoms with van der Waals surface area (Å²) >= 11 is 0. The Balaban J connectivity index is 2.12. The van der Waals surface area contributed by atoms with E-state index in [1.165, 1.54) is 11.1 Å². The highest BCUT2D eigenvalue weighted by molar-refractivity contribution is 6.00. The molecule has 0 aliphatic carbocycles. The normalized spacial score (nSPS) is 12.1. The van der Waals surface area contributed by atoms with Crippen molar-refractivity contribution in [2.45, 2.75) is 46.7 Å². The molecule has 0 aliphatic rings. The van der Waals surface area contributed by atoms with Gasteiger partial charge in [-0.2, -0.15) is 0 Å². The molecule has 0 fully saturated rings. The quantitative estimate of drug-likeness (QED) is 0.646. The van der Waals surface area contributed by atoms with E-state index in [1.807, 2.05) is 44.2 Å². The van der Waals surface area contributed by atoms with Gasteiger partial charge in [-0.05, 0) is 56.5 Å². The molecular formula is C23H28N2O2. The highest BCUT2D eigenvalue weighted by Gasteiger charge is 2.19. The summed E-state index contributed by atoms with van der Waals surface area (Å²) in [6.45, 7) is 9.41. The molecule has 1 amide bonds. The fourth-order valence-corrected chi connectivity index (χ4v) is 3.25. The summed E-state index contributed by atoms with van der Waals surface area (Å²) < 4.78 is 7.89. The van der Waals surface area contributed by atoms with Gasteiger partial charge in [-0.3, -0.25) is 4.79 Å². The molecule has 0 saturated carbocycles. The van der Waals surface area contributed by atoms with Crippen LogP contribution >= 0.6 is 0 Å². The van der Waals surface area contributed by atoms with Gasteiger partial charge in [-0.1, -0.05) is 37.3 Å². The lowest BCUT2D eigenvalue weighted by atomic mass is 10.1. The van der Waals surface area contributed by atoms with Crippen LogP contribution in [0.3, 0.4) is 0 Å². The number of carbonyl (C=O) groups excluding carboxylic acids is 1. The SMILES string of the molecule is CCOc1cccc2c1cc(C(=O)N[C@H](C)CC)n2Cc1ccccc1C. The van der Waals surface area contributed by atoms with Crippen molar-refractivity contribution in [1.29, 1.82) is 0 Å². The monoisotopic (exact) mass is 364 g/mol. The zero-order valence-corrected chi connectivity index (χ0v) is 16.6. The molecule has 3 rings (SSSR count). The average molecular weight is 364 g/mol. The number of aromatic nitrogens is 1. The first-order valence-electron chi connectivity index (χ1n) is 9.65. The summed E-state index contributed by atoms with van der Waals surface area (Å²) in [6.07, 6.45) is 0.897. The third-order valence-corrected chi connectivity index (χ3v) is 5.02. The Hall–Kier alpha value is -2.75. The van der Waals surface area contributed by atoms with Crippen LogP contribution in [0.5, 0.6) is 5.75 Å². The largest absolute Gasteiger partial charge is 0.493 e. The predicted octanol–water partition coefficient (Wildman–Crippen LogP) is 4.93. The minimum Gasteiger partial charge on any atom is -0.493 e. The molecule has 1 N–H and O–H groups in total. The van der Waals surface area contributed by atoms with Gasteiger partial charge in [-0.25, -0.2) is 0 Å². The van der Waals surface area contributed by atoms with Gasteiger partial charge in [0.2, 0.25) is 0 Å². The van der Waals surface area contributed by atoms with Crippen molar-refractivity contribution in [1.82, 2.24) is 9.88 Å². The molecule has 1 heterocycles. The molecule has 1 atom stereocenters. The number of fused-ring (bicyclic) bond motifs is 1. The van der Waals surface area contributed by atoms with Crippen molar-refractivity contribution >= 4 is 16.8 Å². The second-order valence-electron chi connectivity index (χ2n) is 6.95. The van der Waals surface area contributed by atoms with Gasteiger partial charge in [0, 0.05) is 18.0 Å². The minimum atomic E-state index is -0.0448. The number of carbonyl (C=O) groups is 1. The van der Waals surface area contributed by atoms with Crippen LogP contribution in [0, 0.1) is 6.92 Å². The number of nitrogens with zero attached hydrogens (tertiary/aromatic N) is 1. The maximum Gasteiger partial charge on any atom is 0.268 e. The molecule has 0 saturated heterocycles. The third-order valence-electron chi connectivity index (χ3n) is 5.02. The van der Waals surface area contributed by atoms with Gasteiger partial charge >= 0.3 is 0 Å². The van der Waals surface area contributed by atoms with Crippen LogP contribution in [0.15, 0.2) is 48.5 Å². The standard InChI is InChI=1S/C23H28N2O2/c1-5-17(4)24-23(26)21-14-19-20(12-9-13-22(19)27-6-2)25(21)15-18-11-8-7-10-16(18)3/h7-14,17H,5-6,15H2,1-4H3,(H,24,26)/t17-/m1/s1. The maximum absolute atomic E-state index is 13.0. The van der Waals surface area contributed by atoms with E-state index < -0.39 is 0 Å². The molecule has 4 heteroatoms. The lowest BCUT2D eigenvalue weighted by molar-refractivity contribution is 0.0931. The molecule has 0 aliphatic heterocycles. The Morgan fingerprint density at radius 2 is 1.93 bits per heavy atom. The first kappa shape index (κ1) is 19.0. The maximum atomic E-state index is 13.0. The second kappa shape index (κ2) is 8.30. The lowest BCUT2D eigenvalue weighted by Crippen LogP contribution is -2.33. The van der Waals surface area contributed by atoms with Crippen molar-refractivity contribution in [3.05, 3.63) is 65.4 Å². The van der Waals surface area contributed by atoms with Gasteiger partial charge in [0.1, 0.15) is 11.4 Å². The molecule has 2 aromatic carbocycles. The molecule has 3 aromatic rings. The molecule has 0 radical (unpaired) electrons. The first-order chi connectivity index (χ1) is 13.0. The number of benzene rings is 2. The molecule has 27 heavy (non-hydrogen) atoms. The number of ether oxygens (including phenoxy) is 1. The van der Waals surface area contributed by atoms with Crippen molar-refractivity contribution in [3.63, 3.8) is 0 Å². The number of rotatable bonds is 7. The molecule has 4 nitrogen and oxygen atoms in total. The van der Waals surface area contributed by atoms with Gasteiger partial charge in [0.25, 0.3) is 5.91 Å². The molecule has 1 aromatic heterocycles. The Morgan fingerprint density at radius 3 is 2.63 bits per heavy atom. The highest BCUT2D eigenvalue weighted by atomic mass is 16.5. The predicted molar refractivity (Wildman–Crippen MR) is 111 cm³/mol. The van der Waals surface area contributed by atoms with Crippen molar-refractivity contribution in [2.24, 2.45) is 0 Å². The van der Waals surface area contributed by atoms with E-state index in [0.29, 0.717) is 18.8 Å². The van der Waals surface area contributed by atoms with E-state index in [4.69, 9.17) is 4.74 Å². The van der Waals surface area contributed by atoms with E-state index in [-0.39, 0.29) is 11.9 Å². The van der Waals surface area contributed by atoms with E-state index in [9.17, 15) is 4.79 Å². The van der Waals surface area contributed by atoms with Crippen LogP contribution in [0.2, 0.25) is 0 Å². The average Bonchev–Trinajstić information content (AvgIpc) is 3.03. The molecule has 142 valence electrons. The van der Waals surface area contributed by atoms with Crippen molar-refractivity contribution in [3.8, 4) is 5.75 Å². The zero-order chi connectivity index (χ0) is 19.4. The van der Waals surface area contributed by atoms with E-state index >= 15 is 0 Å². The van der Waals surface area contributed by atoms with Gasteiger partial charge in [0.05, 0.1) is 12.1 Å². The van der Waals surface area contributed by atoms with Crippen LogP contribution < -0.4 is 10.1 Å². The number of hydrogen-bond acceptors (Lipinski definition) is 2. The summed E-state index contributed by atoms with van der Waals surface area (Å²) in [5, 5.41) is 4.07. The van der Waals surface area contributed by atoms with E-state index in [0.717, 1.165) is 23.1 Å². The number of nitrogens with one attached hydrogen (secondary N) is 1. The fourth-order valence-electron chi connectivity index (χ4n) is 3.25. The summed E-state index contributed by atoms with van der Waals surface area (Å²) in [4.78, 5) is 13.0. The van der Waals surface area contributed by atoms with Gasteiger partial charge < -0.3 is 14.6 Å². The number of hydrogen-bond donors (Lipinski definition) is 1. The van der Waals surface area contributed by atoms with Crippen LogP contribution in [0.25, 0.3) is 10.9 Å². The lowest BCUT2D eigenvalue weighted by Gasteiger charge is -2.15. The van der Waals surface area contributed by atoms with E-state index in [2.05, 4.69) is 41.9 Å². The Morgan fingerprint density at radius 1 is 1.15 bits per heavy atom. The Kier molecular flexibility index (Phi) is 5.84. The molecule has 0 unspecified atom stereocenters. The van der Waals surface area contributed by atoms with Crippen LogP contribution in [0.4, 0.5) is 0 Å². The zero-order valence-electron chi connectivity index (χ0n) is 16.6. The minimum absolute atomic E-state index is 0.0448. The van der Waals surface area contributed by atoms with Crippen LogP contribution in [-0.2, 0) is 6.54 Å². The van der Waals surface area contributed by atoms with Gasteiger partial charge in [-0.15, -0.1) is 0 Å². The summed E-state index contributed by atoms with van der Waals surface area (Å²) in [5.74, 6) is 0.771. The fraction of sp³-hybridized carbons (Fsp3) is 0.348. The van der Waals surface area contributed by atoms with E-state index in [1.54, 1.807) is 0 Å². The van der Waals surface area contributed by atoms with Gasteiger partial charge in [0.15, 0.2) is 0 Å². The Labute approximate surface area is 161 Å². The smallest absolute Gasteiger partial charge is 0.268 e.